The average Bonchev–Trinajstić information content (AvgIpc) is 3.77. The van der Waals surface area contributed by atoms with Crippen molar-refractivity contribution in [2.45, 2.75) is 25.4 Å². The van der Waals surface area contributed by atoms with Gasteiger partial charge in [0.2, 0.25) is 0 Å². The molecule has 11 rings (SSSR count). The molecule has 1 aliphatic rings. The third kappa shape index (κ3) is 3.92. The van der Waals surface area contributed by atoms with Crippen LogP contribution < -0.4 is 4.90 Å². The first kappa shape index (κ1) is 29.2. The van der Waals surface area contributed by atoms with Crippen LogP contribution in [0.4, 0.5) is 21.6 Å². The molecule has 10 aromatic rings. The Morgan fingerprint density at radius 1 is 0.635 bits per heavy atom. The number of aromatic nitrogens is 3. The molecule has 0 saturated heterocycles. The minimum atomic E-state index is -1.38. The zero-order valence-corrected chi connectivity index (χ0v) is 28.5. The van der Waals surface area contributed by atoms with Gasteiger partial charge in [-0.1, -0.05) is 98.8 Å². The van der Waals surface area contributed by atoms with E-state index < -0.39 is 6.17 Å². The number of nitrogens with zero attached hydrogens (tertiary/aromatic N) is 4. The van der Waals surface area contributed by atoms with Crippen molar-refractivity contribution in [2.75, 3.05) is 4.90 Å². The first-order valence-corrected chi connectivity index (χ1v) is 17.6. The molecule has 5 nitrogen and oxygen atoms in total. The monoisotopic (exact) mass is 674 g/mol. The summed E-state index contributed by atoms with van der Waals surface area (Å²) in [5.41, 5.74) is 10.4. The van der Waals surface area contributed by atoms with Crippen molar-refractivity contribution in [3.63, 3.8) is 0 Å². The van der Waals surface area contributed by atoms with E-state index in [1.165, 1.54) is 0 Å². The third-order valence-corrected chi connectivity index (χ3v) is 11.1. The van der Waals surface area contributed by atoms with Crippen LogP contribution in [0.5, 0.6) is 0 Å². The lowest BCUT2D eigenvalue weighted by Gasteiger charge is -2.41. The van der Waals surface area contributed by atoms with Gasteiger partial charge in [0, 0.05) is 39.0 Å². The van der Waals surface area contributed by atoms with Crippen molar-refractivity contribution in [2.24, 2.45) is 0 Å². The van der Waals surface area contributed by atoms with Crippen molar-refractivity contribution in [1.82, 2.24) is 14.4 Å². The van der Waals surface area contributed by atoms with E-state index in [9.17, 15) is 0 Å². The maximum absolute atomic E-state index is 17.1. The van der Waals surface area contributed by atoms with Crippen molar-refractivity contribution < 1.29 is 8.81 Å². The fourth-order valence-electron chi connectivity index (χ4n) is 8.60. The molecule has 4 aromatic heterocycles. The van der Waals surface area contributed by atoms with Gasteiger partial charge in [-0.05, 0) is 76.7 Å². The summed E-state index contributed by atoms with van der Waals surface area (Å²) in [5, 5.41) is 5.14. The second-order valence-electron chi connectivity index (χ2n) is 14.3. The highest BCUT2D eigenvalue weighted by Gasteiger charge is 2.39. The Kier molecular flexibility index (Phi) is 5.90. The fraction of sp³-hybridized carbons (Fsp3) is 0.0870. The Morgan fingerprint density at radius 2 is 1.42 bits per heavy atom. The molecule has 0 fully saturated rings. The van der Waals surface area contributed by atoms with Gasteiger partial charge >= 0.3 is 0 Å². The number of benzene rings is 6. The van der Waals surface area contributed by atoms with E-state index in [0.717, 1.165) is 88.6 Å². The maximum Gasteiger partial charge on any atom is 0.150 e. The number of halogens is 1. The molecule has 52 heavy (non-hydrogen) atoms. The number of fused-ring (bicyclic) bond motifs is 14. The third-order valence-electron chi connectivity index (χ3n) is 11.1. The Balaban J connectivity index is 1.11. The highest BCUT2D eigenvalue weighted by Crippen LogP contribution is 2.55. The van der Waals surface area contributed by atoms with Crippen LogP contribution in [-0.2, 0) is 5.41 Å². The molecule has 0 amide bonds. The summed E-state index contributed by atoms with van der Waals surface area (Å²) in [6.45, 7) is 4.49. The molecule has 0 bridgehead atoms. The summed E-state index contributed by atoms with van der Waals surface area (Å²) in [5.74, 6) is 0.830. The van der Waals surface area contributed by atoms with E-state index in [-0.39, 0.29) is 5.41 Å². The largest absolute Gasteiger partial charge is 0.456 e. The zero-order chi connectivity index (χ0) is 34.7. The summed E-state index contributed by atoms with van der Waals surface area (Å²) < 4.78 is 25.7. The number of imidazole rings is 1. The summed E-state index contributed by atoms with van der Waals surface area (Å²) in [6, 6.07) is 46.8. The number of hydrogen-bond donors (Lipinski definition) is 0. The number of furan rings is 1. The number of para-hydroxylation sites is 4. The van der Waals surface area contributed by atoms with Crippen LogP contribution in [0.2, 0.25) is 0 Å². The van der Waals surface area contributed by atoms with Gasteiger partial charge in [-0.25, -0.2) is 14.4 Å². The lowest BCUT2D eigenvalue weighted by molar-refractivity contribution is 0.402. The molecular formula is C46H31FN4O. The number of anilines is 3. The van der Waals surface area contributed by atoms with Gasteiger partial charge in [0.05, 0.1) is 27.6 Å². The highest BCUT2D eigenvalue weighted by molar-refractivity contribution is 6.16. The Hall–Kier alpha value is -6.53. The molecule has 0 spiro atoms. The molecule has 248 valence electrons. The van der Waals surface area contributed by atoms with Gasteiger partial charge in [0.1, 0.15) is 22.6 Å². The van der Waals surface area contributed by atoms with Gasteiger partial charge in [0.15, 0.2) is 6.17 Å². The SMILES string of the molecule is CC1(C)c2cccnc2N(c2cccc(C(F)c3ccc4c5ccccc5n5c6ccccc6nc5c4c3)c2)c2c1ccc1oc3ccccc3c21. The normalized spacial score (nSPS) is 14.5. The van der Waals surface area contributed by atoms with Crippen LogP contribution in [0.1, 0.15) is 42.3 Å². The van der Waals surface area contributed by atoms with Gasteiger partial charge in [-0.2, -0.15) is 0 Å². The molecule has 0 saturated carbocycles. The highest BCUT2D eigenvalue weighted by atomic mass is 19.1. The first-order valence-electron chi connectivity index (χ1n) is 17.6. The van der Waals surface area contributed by atoms with Crippen LogP contribution in [-0.4, -0.2) is 14.4 Å². The zero-order valence-electron chi connectivity index (χ0n) is 28.5. The molecule has 1 atom stereocenters. The van der Waals surface area contributed by atoms with Crippen LogP contribution in [0.3, 0.4) is 0 Å². The van der Waals surface area contributed by atoms with Crippen molar-refractivity contribution in [3.05, 3.63) is 168 Å². The second kappa shape index (κ2) is 10.5. The molecule has 0 radical (unpaired) electrons. The quantitative estimate of drug-likeness (QED) is 0.175. The fourth-order valence-corrected chi connectivity index (χ4v) is 8.60. The summed E-state index contributed by atoms with van der Waals surface area (Å²) in [7, 11) is 0. The summed E-state index contributed by atoms with van der Waals surface area (Å²) in [4.78, 5) is 12.2. The van der Waals surface area contributed by atoms with Crippen LogP contribution in [0.15, 0.2) is 150 Å². The van der Waals surface area contributed by atoms with E-state index >= 15 is 4.39 Å². The van der Waals surface area contributed by atoms with Crippen LogP contribution in [0, 0.1) is 0 Å². The lowest BCUT2D eigenvalue weighted by Crippen LogP contribution is -2.31. The molecular weight excluding hydrogens is 644 g/mol. The van der Waals surface area contributed by atoms with E-state index in [4.69, 9.17) is 14.4 Å². The molecule has 0 N–H and O–H groups in total. The number of pyridine rings is 2. The molecule has 6 aromatic carbocycles. The van der Waals surface area contributed by atoms with E-state index in [2.05, 4.69) is 77.7 Å². The van der Waals surface area contributed by atoms with Crippen LogP contribution in [0.25, 0.3) is 60.3 Å². The Morgan fingerprint density at radius 3 is 2.33 bits per heavy atom. The van der Waals surface area contributed by atoms with Gasteiger partial charge < -0.3 is 4.42 Å². The summed E-state index contributed by atoms with van der Waals surface area (Å²) in [6.07, 6.45) is 0.454. The van der Waals surface area contributed by atoms with Crippen molar-refractivity contribution in [3.8, 4) is 0 Å². The lowest BCUT2D eigenvalue weighted by atomic mass is 9.74. The van der Waals surface area contributed by atoms with E-state index in [1.807, 2.05) is 91.1 Å². The maximum atomic E-state index is 17.1. The van der Waals surface area contributed by atoms with Crippen LogP contribution >= 0.6 is 0 Å². The van der Waals surface area contributed by atoms with E-state index in [0.29, 0.717) is 11.1 Å². The minimum absolute atomic E-state index is 0.333. The Labute approximate surface area is 298 Å². The number of hydrogen-bond acceptors (Lipinski definition) is 4. The number of rotatable bonds is 3. The van der Waals surface area contributed by atoms with Gasteiger partial charge in [0.25, 0.3) is 0 Å². The predicted octanol–water partition coefficient (Wildman–Crippen LogP) is 12.3. The second-order valence-corrected chi connectivity index (χ2v) is 14.3. The topological polar surface area (TPSA) is 46.6 Å². The molecule has 5 heterocycles. The molecule has 1 aliphatic heterocycles. The number of alkyl halides is 1. The predicted molar refractivity (Wildman–Crippen MR) is 209 cm³/mol. The average molecular weight is 675 g/mol. The van der Waals surface area contributed by atoms with Crippen molar-refractivity contribution in [1.29, 1.82) is 0 Å². The molecule has 1 unspecified atom stereocenters. The standard InChI is InChI=1S/C46H31FN4O/c1-46(2)34-22-23-40-41(32-14-4-8-19-39(32)52-40)43(34)50(45-35(46)15-10-24-48-45)29-12-9-11-27(25-29)42(47)28-20-21-30-31-13-3-6-17-37(31)51-38-18-7-5-16-36(38)49-44(51)33(30)26-28/h3-26,42H,1-2H3. The first-order chi connectivity index (χ1) is 25.5. The summed E-state index contributed by atoms with van der Waals surface area (Å²) >= 11 is 0. The molecule has 6 heteroatoms. The van der Waals surface area contributed by atoms with Gasteiger partial charge in [-0.15, -0.1) is 0 Å². The van der Waals surface area contributed by atoms with E-state index in [1.54, 1.807) is 0 Å². The Bertz CT molecular complexity index is 3100. The van der Waals surface area contributed by atoms with Gasteiger partial charge in [-0.3, -0.25) is 9.30 Å². The molecule has 0 aliphatic carbocycles. The van der Waals surface area contributed by atoms with Crippen molar-refractivity contribution >= 4 is 77.5 Å². The smallest absolute Gasteiger partial charge is 0.150 e. The minimum Gasteiger partial charge on any atom is -0.456 e.